The van der Waals surface area contributed by atoms with Crippen molar-refractivity contribution in [3.63, 3.8) is 0 Å². The predicted molar refractivity (Wildman–Crippen MR) is 79.9 cm³/mol. The third kappa shape index (κ3) is 3.49. The first-order chi connectivity index (χ1) is 9.94. The summed E-state index contributed by atoms with van der Waals surface area (Å²) in [5, 5.41) is 0. The van der Waals surface area contributed by atoms with E-state index in [4.69, 9.17) is 4.74 Å². The van der Waals surface area contributed by atoms with E-state index in [0.717, 1.165) is 5.56 Å². The summed E-state index contributed by atoms with van der Waals surface area (Å²) in [4.78, 5) is 7.92. The largest absolute Gasteiger partial charge is 0.494 e. The molecule has 0 amide bonds. The van der Waals surface area contributed by atoms with Crippen LogP contribution in [0.5, 0.6) is 5.75 Å². The number of nitrogens with zero attached hydrogens (tertiary/aromatic N) is 2. The molecule has 1 aromatic heterocycles. The Kier molecular flexibility index (Phi) is 4.42. The maximum absolute atomic E-state index is 12.4. The Morgan fingerprint density at radius 1 is 1.14 bits per heavy atom. The zero-order valence-electron chi connectivity index (χ0n) is 12.1. The number of hydrogen-bond acceptors (Lipinski definition) is 5. The lowest BCUT2D eigenvalue weighted by molar-refractivity contribution is 0.337. The number of rotatable bonds is 5. The van der Waals surface area contributed by atoms with Crippen LogP contribution < -0.4 is 9.46 Å². The van der Waals surface area contributed by atoms with Gasteiger partial charge in [0, 0.05) is 12.4 Å². The number of anilines is 1. The number of aromatic nitrogens is 2. The standard InChI is InChI=1S/C14H17N3O3S/c1-4-20-12-8-11(3)13(9-10(12)2)21(18,19)17-14-15-6-5-7-16-14/h5-9H,4H2,1-3H3,(H,15,16,17). The van der Waals surface area contributed by atoms with Gasteiger partial charge in [-0.1, -0.05) is 0 Å². The Morgan fingerprint density at radius 3 is 2.43 bits per heavy atom. The Bertz CT molecular complexity index is 731. The molecule has 21 heavy (non-hydrogen) atoms. The van der Waals surface area contributed by atoms with Crippen molar-refractivity contribution in [3.8, 4) is 5.75 Å². The molecule has 112 valence electrons. The van der Waals surface area contributed by atoms with Crippen LogP contribution in [0.1, 0.15) is 18.1 Å². The van der Waals surface area contributed by atoms with Crippen molar-refractivity contribution in [1.29, 1.82) is 0 Å². The molecule has 0 fully saturated rings. The average molecular weight is 307 g/mol. The maximum atomic E-state index is 12.4. The van der Waals surface area contributed by atoms with Crippen molar-refractivity contribution in [3.05, 3.63) is 41.7 Å². The minimum absolute atomic E-state index is 0.0448. The second kappa shape index (κ2) is 6.09. The molecule has 0 saturated carbocycles. The van der Waals surface area contributed by atoms with Gasteiger partial charge in [0.25, 0.3) is 10.0 Å². The van der Waals surface area contributed by atoms with Gasteiger partial charge in [0.05, 0.1) is 11.5 Å². The Morgan fingerprint density at radius 2 is 1.81 bits per heavy atom. The Hall–Kier alpha value is -2.15. The highest BCUT2D eigenvalue weighted by Gasteiger charge is 2.19. The summed E-state index contributed by atoms with van der Waals surface area (Å²) < 4.78 is 32.7. The Balaban J connectivity index is 2.39. The van der Waals surface area contributed by atoms with E-state index >= 15 is 0 Å². The van der Waals surface area contributed by atoms with Crippen LogP contribution in [-0.4, -0.2) is 25.0 Å². The molecule has 2 aromatic rings. The van der Waals surface area contributed by atoms with Gasteiger partial charge in [-0.05, 0) is 50.1 Å². The molecule has 0 spiro atoms. The molecule has 1 heterocycles. The quantitative estimate of drug-likeness (QED) is 0.916. The van der Waals surface area contributed by atoms with E-state index in [0.29, 0.717) is 17.9 Å². The molecule has 2 rings (SSSR count). The van der Waals surface area contributed by atoms with E-state index in [9.17, 15) is 8.42 Å². The van der Waals surface area contributed by atoms with Crippen LogP contribution in [0.3, 0.4) is 0 Å². The van der Waals surface area contributed by atoms with Crippen molar-refractivity contribution in [2.24, 2.45) is 0 Å². The highest BCUT2D eigenvalue weighted by atomic mass is 32.2. The van der Waals surface area contributed by atoms with E-state index in [1.165, 1.54) is 12.4 Å². The van der Waals surface area contributed by atoms with Gasteiger partial charge >= 0.3 is 0 Å². The topological polar surface area (TPSA) is 81.2 Å². The monoisotopic (exact) mass is 307 g/mol. The van der Waals surface area contributed by atoms with Gasteiger partial charge in [-0.25, -0.2) is 23.1 Å². The van der Waals surface area contributed by atoms with Gasteiger partial charge in [-0.2, -0.15) is 0 Å². The summed E-state index contributed by atoms with van der Waals surface area (Å²) in [5.41, 5.74) is 1.37. The molecule has 6 nitrogen and oxygen atoms in total. The second-order valence-electron chi connectivity index (χ2n) is 4.49. The number of aryl methyl sites for hydroxylation is 2. The van der Waals surface area contributed by atoms with Gasteiger partial charge in [-0.15, -0.1) is 0 Å². The van der Waals surface area contributed by atoms with Crippen molar-refractivity contribution >= 4 is 16.0 Å². The summed E-state index contributed by atoms with van der Waals surface area (Å²) >= 11 is 0. The van der Waals surface area contributed by atoms with Crippen LogP contribution in [0.15, 0.2) is 35.5 Å². The zero-order valence-corrected chi connectivity index (χ0v) is 12.9. The molecular weight excluding hydrogens is 290 g/mol. The smallest absolute Gasteiger partial charge is 0.264 e. The van der Waals surface area contributed by atoms with Crippen LogP contribution in [0, 0.1) is 13.8 Å². The van der Waals surface area contributed by atoms with Crippen LogP contribution in [-0.2, 0) is 10.0 Å². The van der Waals surface area contributed by atoms with Crippen molar-refractivity contribution in [2.45, 2.75) is 25.7 Å². The number of nitrogens with one attached hydrogen (secondary N) is 1. The molecule has 0 saturated heterocycles. The lowest BCUT2D eigenvalue weighted by Crippen LogP contribution is -2.16. The molecule has 0 aliphatic heterocycles. The van der Waals surface area contributed by atoms with Gasteiger partial charge in [0.15, 0.2) is 0 Å². The van der Waals surface area contributed by atoms with Gasteiger partial charge in [-0.3, -0.25) is 0 Å². The molecule has 0 bridgehead atoms. The first-order valence-corrected chi connectivity index (χ1v) is 7.96. The first kappa shape index (κ1) is 15.2. The predicted octanol–water partition coefficient (Wildman–Crippen LogP) is 2.29. The second-order valence-corrected chi connectivity index (χ2v) is 6.14. The van der Waals surface area contributed by atoms with Gasteiger partial charge < -0.3 is 4.74 Å². The number of ether oxygens (including phenoxy) is 1. The van der Waals surface area contributed by atoms with Crippen LogP contribution in [0.4, 0.5) is 5.95 Å². The van der Waals surface area contributed by atoms with Crippen molar-refractivity contribution < 1.29 is 13.2 Å². The van der Waals surface area contributed by atoms with Crippen LogP contribution in [0.2, 0.25) is 0 Å². The van der Waals surface area contributed by atoms with E-state index in [-0.39, 0.29) is 10.8 Å². The zero-order chi connectivity index (χ0) is 15.5. The summed E-state index contributed by atoms with van der Waals surface area (Å²) in [6, 6.07) is 4.93. The minimum atomic E-state index is -3.73. The molecular formula is C14H17N3O3S. The average Bonchev–Trinajstić information content (AvgIpc) is 2.43. The fourth-order valence-electron chi connectivity index (χ4n) is 1.89. The number of benzene rings is 1. The third-order valence-corrected chi connectivity index (χ3v) is 4.32. The lowest BCUT2D eigenvalue weighted by Gasteiger charge is -2.13. The van der Waals surface area contributed by atoms with E-state index in [2.05, 4.69) is 14.7 Å². The normalized spacial score (nSPS) is 11.2. The number of sulfonamides is 1. The summed E-state index contributed by atoms with van der Waals surface area (Å²) in [7, 11) is -3.73. The lowest BCUT2D eigenvalue weighted by atomic mass is 10.1. The fraction of sp³-hybridized carbons (Fsp3) is 0.286. The SMILES string of the molecule is CCOc1cc(C)c(S(=O)(=O)Nc2ncccn2)cc1C. The van der Waals surface area contributed by atoms with Crippen molar-refractivity contribution in [1.82, 2.24) is 9.97 Å². The highest BCUT2D eigenvalue weighted by Crippen LogP contribution is 2.26. The van der Waals surface area contributed by atoms with Crippen LogP contribution in [0.25, 0.3) is 0 Å². The number of hydrogen-bond donors (Lipinski definition) is 1. The fourth-order valence-corrected chi connectivity index (χ4v) is 3.16. The molecule has 0 radical (unpaired) electrons. The third-order valence-electron chi connectivity index (χ3n) is 2.85. The molecule has 0 unspecified atom stereocenters. The van der Waals surface area contributed by atoms with Crippen LogP contribution >= 0.6 is 0 Å². The molecule has 0 atom stereocenters. The summed E-state index contributed by atoms with van der Waals surface area (Å²) in [6.07, 6.45) is 2.95. The Labute approximate surface area is 124 Å². The van der Waals surface area contributed by atoms with E-state index < -0.39 is 10.0 Å². The minimum Gasteiger partial charge on any atom is -0.494 e. The highest BCUT2D eigenvalue weighted by molar-refractivity contribution is 7.92. The van der Waals surface area contributed by atoms with E-state index in [1.807, 2.05) is 13.8 Å². The molecule has 7 heteroatoms. The summed E-state index contributed by atoms with van der Waals surface area (Å²) in [5.74, 6) is 0.730. The molecule has 1 aromatic carbocycles. The van der Waals surface area contributed by atoms with Gasteiger partial charge in [0.2, 0.25) is 5.95 Å². The van der Waals surface area contributed by atoms with Gasteiger partial charge in [0.1, 0.15) is 5.75 Å². The molecule has 1 N–H and O–H groups in total. The maximum Gasteiger partial charge on any atom is 0.264 e. The first-order valence-electron chi connectivity index (χ1n) is 6.48. The van der Waals surface area contributed by atoms with Crippen molar-refractivity contribution in [2.75, 3.05) is 11.3 Å². The summed E-state index contributed by atoms with van der Waals surface area (Å²) in [6.45, 7) is 5.95. The molecule has 0 aliphatic rings. The van der Waals surface area contributed by atoms with E-state index in [1.54, 1.807) is 25.1 Å². The molecule has 0 aliphatic carbocycles.